The van der Waals surface area contributed by atoms with Crippen molar-refractivity contribution in [2.75, 3.05) is 0 Å². The highest BCUT2D eigenvalue weighted by atomic mass is 16.5. The Morgan fingerprint density at radius 2 is 1.54 bits per heavy atom. The van der Waals surface area contributed by atoms with Gasteiger partial charge in [-0.15, -0.1) is 0 Å². The molecule has 2 aliphatic rings. The Kier molecular flexibility index (Phi) is 5.80. The third kappa shape index (κ3) is 4.52. The number of para-hydroxylation sites is 1. The summed E-state index contributed by atoms with van der Waals surface area (Å²) >= 11 is 0. The number of esters is 1. The summed E-state index contributed by atoms with van der Waals surface area (Å²) in [6, 6.07) is 7.55. The molecule has 2 fully saturated rings. The number of rotatable bonds is 4. The largest absolute Gasteiger partial charge is 0.490 e. The SMILES string of the molecule is CC1CCCC(OC(=O)c2ccccc2OC2CCCC(C)C2)C1. The normalized spacial score (nSPS) is 30.6. The van der Waals surface area contributed by atoms with E-state index in [-0.39, 0.29) is 18.2 Å². The van der Waals surface area contributed by atoms with Gasteiger partial charge in [0.25, 0.3) is 0 Å². The molecule has 0 aliphatic heterocycles. The van der Waals surface area contributed by atoms with Crippen LogP contribution >= 0.6 is 0 Å². The van der Waals surface area contributed by atoms with Gasteiger partial charge in [-0.2, -0.15) is 0 Å². The van der Waals surface area contributed by atoms with Gasteiger partial charge in [-0.05, 0) is 62.5 Å². The minimum absolute atomic E-state index is 0.0593. The third-order valence-electron chi connectivity index (χ3n) is 5.45. The van der Waals surface area contributed by atoms with E-state index in [1.165, 1.54) is 19.3 Å². The maximum atomic E-state index is 12.6. The predicted octanol–water partition coefficient (Wildman–Crippen LogP) is 5.38. The molecule has 1 aromatic rings. The molecule has 0 spiro atoms. The highest BCUT2D eigenvalue weighted by molar-refractivity contribution is 5.92. The molecule has 0 N–H and O–H groups in total. The number of hydrogen-bond donors (Lipinski definition) is 0. The van der Waals surface area contributed by atoms with Crippen molar-refractivity contribution in [2.24, 2.45) is 11.8 Å². The Bertz CT molecular complexity index is 554. The second-order valence-corrected chi connectivity index (χ2v) is 7.81. The Morgan fingerprint density at radius 3 is 2.25 bits per heavy atom. The fourth-order valence-corrected chi connectivity index (χ4v) is 4.10. The van der Waals surface area contributed by atoms with Crippen molar-refractivity contribution in [1.29, 1.82) is 0 Å². The van der Waals surface area contributed by atoms with Crippen LogP contribution in [0.5, 0.6) is 5.75 Å². The van der Waals surface area contributed by atoms with E-state index in [1.807, 2.05) is 24.3 Å². The minimum Gasteiger partial charge on any atom is -0.490 e. The van der Waals surface area contributed by atoms with E-state index in [2.05, 4.69) is 13.8 Å². The number of hydrogen-bond acceptors (Lipinski definition) is 3. The summed E-state index contributed by atoms with van der Waals surface area (Å²) in [6.45, 7) is 4.52. The van der Waals surface area contributed by atoms with Crippen LogP contribution in [0.2, 0.25) is 0 Å². The summed E-state index contributed by atoms with van der Waals surface area (Å²) in [5.41, 5.74) is 0.578. The monoisotopic (exact) mass is 330 g/mol. The maximum absolute atomic E-state index is 12.6. The van der Waals surface area contributed by atoms with Crippen molar-refractivity contribution in [3.63, 3.8) is 0 Å². The zero-order valence-electron chi connectivity index (χ0n) is 15.0. The van der Waals surface area contributed by atoms with Gasteiger partial charge in [-0.1, -0.05) is 38.8 Å². The van der Waals surface area contributed by atoms with Gasteiger partial charge in [0.1, 0.15) is 17.4 Å². The van der Waals surface area contributed by atoms with Crippen molar-refractivity contribution < 1.29 is 14.3 Å². The number of carbonyl (C=O) groups is 1. The standard InChI is InChI=1S/C21H30O3/c1-15-7-5-9-17(13-15)23-20-12-4-3-11-19(20)21(22)24-18-10-6-8-16(2)14-18/h3-4,11-12,15-18H,5-10,13-14H2,1-2H3. The first-order valence-electron chi connectivity index (χ1n) is 9.58. The van der Waals surface area contributed by atoms with Crippen molar-refractivity contribution in [3.8, 4) is 5.75 Å². The fourth-order valence-electron chi connectivity index (χ4n) is 4.10. The molecule has 0 aromatic heterocycles. The van der Waals surface area contributed by atoms with E-state index in [0.29, 0.717) is 23.1 Å². The molecule has 24 heavy (non-hydrogen) atoms. The first kappa shape index (κ1) is 17.3. The zero-order chi connectivity index (χ0) is 16.9. The third-order valence-corrected chi connectivity index (χ3v) is 5.45. The van der Waals surface area contributed by atoms with Gasteiger partial charge in [-0.3, -0.25) is 0 Å². The van der Waals surface area contributed by atoms with Gasteiger partial charge >= 0.3 is 5.97 Å². The molecule has 4 unspecified atom stereocenters. The quantitative estimate of drug-likeness (QED) is 0.695. The average molecular weight is 330 g/mol. The molecule has 0 bridgehead atoms. The van der Waals surface area contributed by atoms with Gasteiger partial charge < -0.3 is 9.47 Å². The van der Waals surface area contributed by atoms with Crippen LogP contribution in [-0.4, -0.2) is 18.2 Å². The molecule has 3 nitrogen and oxygen atoms in total. The highest BCUT2D eigenvalue weighted by Crippen LogP contribution is 2.31. The van der Waals surface area contributed by atoms with Gasteiger partial charge in [0.05, 0.1) is 6.10 Å². The van der Waals surface area contributed by atoms with E-state index >= 15 is 0 Å². The molecule has 0 saturated heterocycles. The molecule has 3 rings (SSSR count). The molecule has 2 saturated carbocycles. The van der Waals surface area contributed by atoms with Crippen LogP contribution in [0, 0.1) is 11.8 Å². The van der Waals surface area contributed by atoms with E-state index in [0.717, 1.165) is 32.1 Å². The number of ether oxygens (including phenoxy) is 2. The molecule has 2 aliphatic carbocycles. The number of carbonyl (C=O) groups excluding carboxylic acids is 1. The second kappa shape index (κ2) is 8.04. The molecular weight excluding hydrogens is 300 g/mol. The lowest BCUT2D eigenvalue weighted by atomic mass is 9.88. The Labute approximate surface area is 145 Å². The van der Waals surface area contributed by atoms with E-state index in [9.17, 15) is 4.79 Å². The van der Waals surface area contributed by atoms with Crippen molar-refractivity contribution >= 4 is 5.97 Å². The van der Waals surface area contributed by atoms with Crippen LogP contribution in [0.3, 0.4) is 0 Å². The lowest BCUT2D eigenvalue weighted by Crippen LogP contribution is -2.26. The fraction of sp³-hybridized carbons (Fsp3) is 0.667. The number of benzene rings is 1. The Morgan fingerprint density at radius 1 is 0.917 bits per heavy atom. The van der Waals surface area contributed by atoms with Gasteiger partial charge in [-0.25, -0.2) is 4.79 Å². The Hall–Kier alpha value is -1.51. The summed E-state index contributed by atoms with van der Waals surface area (Å²) in [7, 11) is 0. The topological polar surface area (TPSA) is 35.5 Å². The van der Waals surface area contributed by atoms with E-state index < -0.39 is 0 Å². The smallest absolute Gasteiger partial charge is 0.342 e. The Balaban J connectivity index is 1.65. The molecule has 0 radical (unpaired) electrons. The zero-order valence-corrected chi connectivity index (χ0v) is 15.0. The van der Waals surface area contributed by atoms with Crippen LogP contribution in [0.15, 0.2) is 24.3 Å². The average Bonchev–Trinajstić information content (AvgIpc) is 2.55. The molecular formula is C21H30O3. The molecule has 132 valence electrons. The van der Waals surface area contributed by atoms with Crippen LogP contribution in [0.4, 0.5) is 0 Å². The van der Waals surface area contributed by atoms with Crippen LogP contribution in [0.1, 0.15) is 75.6 Å². The van der Waals surface area contributed by atoms with E-state index in [1.54, 1.807) is 0 Å². The van der Waals surface area contributed by atoms with Crippen molar-refractivity contribution in [1.82, 2.24) is 0 Å². The van der Waals surface area contributed by atoms with Gasteiger partial charge in [0.15, 0.2) is 0 Å². The second-order valence-electron chi connectivity index (χ2n) is 7.81. The lowest BCUT2D eigenvalue weighted by molar-refractivity contribution is 0.0148. The molecule has 4 atom stereocenters. The maximum Gasteiger partial charge on any atom is 0.342 e. The predicted molar refractivity (Wildman–Crippen MR) is 95.3 cm³/mol. The first-order chi connectivity index (χ1) is 11.6. The van der Waals surface area contributed by atoms with Gasteiger partial charge in [0.2, 0.25) is 0 Å². The van der Waals surface area contributed by atoms with Crippen LogP contribution in [-0.2, 0) is 4.74 Å². The highest BCUT2D eigenvalue weighted by Gasteiger charge is 2.26. The lowest BCUT2D eigenvalue weighted by Gasteiger charge is -2.29. The summed E-state index contributed by atoms with van der Waals surface area (Å²) in [4.78, 5) is 12.6. The van der Waals surface area contributed by atoms with Crippen LogP contribution < -0.4 is 4.74 Å². The summed E-state index contributed by atoms with van der Waals surface area (Å²) in [5, 5.41) is 0. The van der Waals surface area contributed by atoms with Crippen LogP contribution in [0.25, 0.3) is 0 Å². The van der Waals surface area contributed by atoms with Crippen molar-refractivity contribution in [3.05, 3.63) is 29.8 Å². The molecule has 0 amide bonds. The van der Waals surface area contributed by atoms with E-state index in [4.69, 9.17) is 9.47 Å². The van der Waals surface area contributed by atoms with Crippen molar-refractivity contribution in [2.45, 2.75) is 77.4 Å². The summed E-state index contributed by atoms with van der Waals surface area (Å²) in [6.07, 6.45) is 9.28. The first-order valence-corrected chi connectivity index (χ1v) is 9.58. The summed E-state index contributed by atoms with van der Waals surface area (Å²) < 4.78 is 12.0. The minimum atomic E-state index is -0.228. The molecule has 3 heteroatoms. The summed E-state index contributed by atoms with van der Waals surface area (Å²) in [5.74, 6) is 1.80. The van der Waals surface area contributed by atoms with Gasteiger partial charge in [0, 0.05) is 0 Å². The molecule has 1 aromatic carbocycles. The molecule has 0 heterocycles.